The average Bonchev–Trinajstić information content (AvgIpc) is 2.49. The zero-order valence-electron chi connectivity index (χ0n) is 12.1. The summed E-state index contributed by atoms with van der Waals surface area (Å²) in [5, 5.41) is 9.27. The van der Waals surface area contributed by atoms with Gasteiger partial charge in [-0.15, -0.1) is 0 Å². The molecule has 1 heterocycles. The van der Waals surface area contributed by atoms with E-state index in [1.54, 1.807) is 6.92 Å². The number of nitrogens with zero attached hydrogens (tertiary/aromatic N) is 2. The summed E-state index contributed by atoms with van der Waals surface area (Å²) in [6.45, 7) is 3.61. The number of rotatable bonds is 5. The Labute approximate surface area is 122 Å². The van der Waals surface area contributed by atoms with Crippen molar-refractivity contribution < 1.29 is 9.90 Å². The third-order valence-electron chi connectivity index (χ3n) is 3.39. The van der Waals surface area contributed by atoms with Crippen LogP contribution >= 0.6 is 0 Å². The molecule has 0 bridgehead atoms. The first kappa shape index (κ1) is 15.0. The molecule has 110 valence electrons. The second kappa shape index (κ2) is 6.35. The first-order chi connectivity index (χ1) is 10.1. The van der Waals surface area contributed by atoms with Gasteiger partial charge in [-0.25, -0.2) is 9.78 Å². The highest BCUT2D eigenvalue weighted by molar-refractivity contribution is 5.72. The standard InChI is InChI=1S/C16H18N2O3/c1-3-13(16(20)21)18-14(4-2)17-12(10-15(18)19)11-8-6-5-7-9-11/h5-10,13H,3-4H2,1-2H3,(H,20,21). The molecule has 0 aliphatic heterocycles. The lowest BCUT2D eigenvalue weighted by Gasteiger charge is -2.18. The van der Waals surface area contributed by atoms with Crippen molar-refractivity contribution in [3.05, 3.63) is 52.6 Å². The van der Waals surface area contributed by atoms with E-state index in [9.17, 15) is 14.7 Å². The molecule has 21 heavy (non-hydrogen) atoms. The third kappa shape index (κ3) is 3.02. The van der Waals surface area contributed by atoms with Gasteiger partial charge >= 0.3 is 5.97 Å². The Morgan fingerprint density at radius 2 is 1.95 bits per heavy atom. The monoisotopic (exact) mass is 286 g/mol. The van der Waals surface area contributed by atoms with Gasteiger partial charge in [-0.05, 0) is 6.42 Å². The van der Waals surface area contributed by atoms with Gasteiger partial charge in [0, 0.05) is 18.1 Å². The van der Waals surface area contributed by atoms with Crippen molar-refractivity contribution in [2.24, 2.45) is 0 Å². The molecule has 1 N–H and O–H groups in total. The number of carboxylic acid groups (broad SMARTS) is 1. The van der Waals surface area contributed by atoms with E-state index in [0.29, 0.717) is 24.4 Å². The fourth-order valence-corrected chi connectivity index (χ4v) is 2.35. The minimum absolute atomic E-state index is 0.324. The van der Waals surface area contributed by atoms with Crippen molar-refractivity contribution in [3.8, 4) is 11.3 Å². The van der Waals surface area contributed by atoms with Crippen LogP contribution in [-0.2, 0) is 11.2 Å². The number of carbonyl (C=O) groups is 1. The molecule has 0 aliphatic rings. The van der Waals surface area contributed by atoms with E-state index in [2.05, 4.69) is 4.98 Å². The van der Waals surface area contributed by atoms with Crippen LogP contribution in [0.15, 0.2) is 41.2 Å². The Morgan fingerprint density at radius 3 is 2.48 bits per heavy atom. The number of hydrogen-bond acceptors (Lipinski definition) is 3. The molecule has 0 aliphatic carbocycles. The highest BCUT2D eigenvalue weighted by atomic mass is 16.4. The Hall–Kier alpha value is -2.43. The number of hydrogen-bond donors (Lipinski definition) is 1. The van der Waals surface area contributed by atoms with Crippen LogP contribution in [0.25, 0.3) is 11.3 Å². The lowest BCUT2D eigenvalue weighted by atomic mass is 10.1. The minimum Gasteiger partial charge on any atom is -0.480 e. The highest BCUT2D eigenvalue weighted by Crippen LogP contribution is 2.18. The van der Waals surface area contributed by atoms with E-state index in [1.807, 2.05) is 37.3 Å². The molecular formula is C16H18N2O3. The molecule has 5 nitrogen and oxygen atoms in total. The van der Waals surface area contributed by atoms with Crippen molar-refractivity contribution >= 4 is 5.97 Å². The largest absolute Gasteiger partial charge is 0.480 e. The van der Waals surface area contributed by atoms with Crippen molar-refractivity contribution in [2.45, 2.75) is 32.7 Å². The molecular weight excluding hydrogens is 268 g/mol. The van der Waals surface area contributed by atoms with Gasteiger partial charge < -0.3 is 5.11 Å². The lowest BCUT2D eigenvalue weighted by molar-refractivity contribution is -0.141. The van der Waals surface area contributed by atoms with Crippen LogP contribution in [0.2, 0.25) is 0 Å². The molecule has 0 saturated heterocycles. The fourth-order valence-electron chi connectivity index (χ4n) is 2.35. The summed E-state index contributed by atoms with van der Waals surface area (Å²) >= 11 is 0. The molecule has 0 saturated carbocycles. The van der Waals surface area contributed by atoms with Gasteiger partial charge in [0.15, 0.2) is 0 Å². The van der Waals surface area contributed by atoms with Crippen LogP contribution in [0.1, 0.15) is 32.1 Å². The zero-order valence-corrected chi connectivity index (χ0v) is 12.1. The number of benzene rings is 1. The smallest absolute Gasteiger partial charge is 0.326 e. The second-order valence-electron chi connectivity index (χ2n) is 4.75. The molecule has 0 fully saturated rings. The molecule has 1 atom stereocenters. The third-order valence-corrected chi connectivity index (χ3v) is 3.39. The summed E-state index contributed by atoms with van der Waals surface area (Å²) < 4.78 is 1.29. The van der Waals surface area contributed by atoms with E-state index in [0.717, 1.165) is 5.56 Å². The second-order valence-corrected chi connectivity index (χ2v) is 4.75. The van der Waals surface area contributed by atoms with Crippen LogP contribution in [0.5, 0.6) is 0 Å². The molecule has 5 heteroatoms. The number of aryl methyl sites for hydroxylation is 1. The van der Waals surface area contributed by atoms with Crippen LogP contribution in [0.3, 0.4) is 0 Å². The van der Waals surface area contributed by atoms with Gasteiger partial charge in [-0.3, -0.25) is 9.36 Å². The fraction of sp³-hybridized carbons (Fsp3) is 0.312. The first-order valence-electron chi connectivity index (χ1n) is 6.99. The van der Waals surface area contributed by atoms with Gasteiger partial charge in [0.25, 0.3) is 5.56 Å². The summed E-state index contributed by atoms with van der Waals surface area (Å²) in [7, 11) is 0. The maximum atomic E-state index is 12.4. The Balaban J connectivity index is 2.61. The van der Waals surface area contributed by atoms with Crippen molar-refractivity contribution in [1.82, 2.24) is 9.55 Å². The lowest BCUT2D eigenvalue weighted by Crippen LogP contribution is -2.32. The number of aliphatic carboxylic acids is 1. The molecule has 0 radical (unpaired) electrons. The van der Waals surface area contributed by atoms with Crippen LogP contribution < -0.4 is 5.56 Å². The van der Waals surface area contributed by atoms with Crippen molar-refractivity contribution in [2.75, 3.05) is 0 Å². The van der Waals surface area contributed by atoms with Gasteiger partial charge in [0.2, 0.25) is 0 Å². The SMILES string of the molecule is CCc1nc(-c2ccccc2)cc(=O)n1C(CC)C(=O)O. The van der Waals surface area contributed by atoms with E-state index in [1.165, 1.54) is 10.6 Å². The van der Waals surface area contributed by atoms with Crippen molar-refractivity contribution in [1.29, 1.82) is 0 Å². The molecule has 1 aromatic carbocycles. The van der Waals surface area contributed by atoms with Crippen LogP contribution in [-0.4, -0.2) is 20.6 Å². The molecule has 0 amide bonds. The molecule has 2 aromatic rings. The highest BCUT2D eigenvalue weighted by Gasteiger charge is 2.22. The summed E-state index contributed by atoms with van der Waals surface area (Å²) in [5.41, 5.74) is 1.10. The quantitative estimate of drug-likeness (QED) is 0.916. The normalized spacial score (nSPS) is 12.1. The van der Waals surface area contributed by atoms with Crippen LogP contribution in [0.4, 0.5) is 0 Å². The van der Waals surface area contributed by atoms with Gasteiger partial charge in [0.05, 0.1) is 5.69 Å². The van der Waals surface area contributed by atoms with E-state index in [-0.39, 0.29) is 5.56 Å². The Morgan fingerprint density at radius 1 is 1.29 bits per heavy atom. The molecule has 0 spiro atoms. The zero-order chi connectivity index (χ0) is 15.4. The predicted octanol–water partition coefficient (Wildman–Crippen LogP) is 2.51. The summed E-state index contributed by atoms with van der Waals surface area (Å²) in [6.07, 6.45) is 0.842. The maximum absolute atomic E-state index is 12.4. The Kier molecular flexibility index (Phi) is 4.52. The molecule has 1 unspecified atom stereocenters. The van der Waals surface area contributed by atoms with Crippen molar-refractivity contribution in [3.63, 3.8) is 0 Å². The van der Waals surface area contributed by atoms with E-state index < -0.39 is 12.0 Å². The van der Waals surface area contributed by atoms with Gasteiger partial charge in [-0.1, -0.05) is 44.2 Å². The topological polar surface area (TPSA) is 72.2 Å². The minimum atomic E-state index is -1.01. The molecule has 2 rings (SSSR count). The summed E-state index contributed by atoms with van der Waals surface area (Å²) in [6, 6.07) is 9.92. The summed E-state index contributed by atoms with van der Waals surface area (Å²) in [4.78, 5) is 28.1. The number of carboxylic acids is 1. The predicted molar refractivity (Wildman–Crippen MR) is 80.3 cm³/mol. The van der Waals surface area contributed by atoms with E-state index >= 15 is 0 Å². The first-order valence-corrected chi connectivity index (χ1v) is 6.99. The van der Waals surface area contributed by atoms with E-state index in [4.69, 9.17) is 0 Å². The van der Waals surface area contributed by atoms with Gasteiger partial charge in [-0.2, -0.15) is 0 Å². The maximum Gasteiger partial charge on any atom is 0.326 e. The summed E-state index contributed by atoms with van der Waals surface area (Å²) in [5.74, 6) is -0.515. The number of aromatic nitrogens is 2. The average molecular weight is 286 g/mol. The van der Waals surface area contributed by atoms with Gasteiger partial charge in [0.1, 0.15) is 11.9 Å². The molecule has 1 aromatic heterocycles. The Bertz CT molecular complexity index is 692. The van der Waals surface area contributed by atoms with Crippen LogP contribution in [0, 0.1) is 0 Å².